The Bertz CT molecular complexity index is 1340. The van der Waals surface area contributed by atoms with Crippen molar-refractivity contribution in [2.75, 3.05) is 7.11 Å². The van der Waals surface area contributed by atoms with E-state index >= 15 is 0 Å². The van der Waals surface area contributed by atoms with Gasteiger partial charge in [0.1, 0.15) is 5.84 Å². The Hall–Kier alpha value is -4.39. The third-order valence-corrected chi connectivity index (χ3v) is 5.46. The van der Waals surface area contributed by atoms with Gasteiger partial charge in [0.05, 0.1) is 24.2 Å². The molecule has 0 atom stereocenters. The number of methoxy groups -OCH3 is 1. The smallest absolute Gasteiger partial charge is 0.337 e. The van der Waals surface area contributed by atoms with Crippen LogP contribution in [0.15, 0.2) is 89.9 Å². The second kappa shape index (κ2) is 9.40. The van der Waals surface area contributed by atoms with Crippen LogP contribution >= 0.6 is 0 Å². The molecule has 0 saturated heterocycles. The highest BCUT2D eigenvalue weighted by atomic mass is 16.5. The van der Waals surface area contributed by atoms with E-state index in [0.717, 1.165) is 28.2 Å². The van der Waals surface area contributed by atoms with Crippen LogP contribution in [0.3, 0.4) is 0 Å². The maximum atomic E-state index is 13.5. The quantitative estimate of drug-likeness (QED) is 0.260. The Kier molecular flexibility index (Phi) is 6.22. The Morgan fingerprint density at radius 3 is 2.21 bits per heavy atom. The summed E-state index contributed by atoms with van der Waals surface area (Å²) < 4.78 is 7.96. The van der Waals surface area contributed by atoms with Gasteiger partial charge in [0.15, 0.2) is 0 Å². The van der Waals surface area contributed by atoms with Crippen LogP contribution in [-0.2, 0) is 16.0 Å². The Balaban J connectivity index is 1.76. The molecule has 1 heterocycles. The lowest BCUT2D eigenvalue weighted by Crippen LogP contribution is -2.22. The number of carbonyl (C=O) groups is 1. The average Bonchev–Trinajstić information content (AvgIpc) is 3.20. The van der Waals surface area contributed by atoms with Crippen LogP contribution in [0.4, 0.5) is 0 Å². The molecule has 166 valence electrons. The molecule has 0 amide bonds. The van der Waals surface area contributed by atoms with Gasteiger partial charge in [-0.3, -0.25) is 19.3 Å². The number of imidazole rings is 1. The number of nitrogen functional groups attached to an aromatic ring is 1. The van der Waals surface area contributed by atoms with E-state index in [1.54, 1.807) is 21.3 Å². The molecule has 0 aliphatic carbocycles. The summed E-state index contributed by atoms with van der Waals surface area (Å²) in [5.41, 5.74) is 10.0. The number of nitrogens with one attached hydrogen (secondary N) is 1. The van der Waals surface area contributed by atoms with E-state index in [4.69, 9.17) is 15.9 Å². The first-order valence-corrected chi connectivity index (χ1v) is 10.5. The number of hydrogen-bond acceptors (Lipinski definition) is 4. The zero-order valence-corrected chi connectivity index (χ0v) is 18.2. The van der Waals surface area contributed by atoms with Gasteiger partial charge in [-0.1, -0.05) is 54.6 Å². The fourth-order valence-electron chi connectivity index (χ4n) is 3.65. The number of hydrogen-bond donors (Lipinski definition) is 2. The first-order chi connectivity index (χ1) is 16.0. The summed E-state index contributed by atoms with van der Waals surface area (Å²) in [5.74, 6) is -0.262. The Morgan fingerprint density at radius 2 is 1.61 bits per heavy atom. The molecule has 0 saturated carbocycles. The maximum absolute atomic E-state index is 13.5. The van der Waals surface area contributed by atoms with E-state index in [-0.39, 0.29) is 17.5 Å². The predicted molar refractivity (Wildman–Crippen MR) is 128 cm³/mol. The molecule has 0 unspecified atom stereocenters. The third-order valence-electron chi connectivity index (χ3n) is 5.46. The lowest BCUT2D eigenvalue weighted by molar-refractivity contribution is -0.140. The number of aromatic nitrogens is 2. The highest BCUT2D eigenvalue weighted by Crippen LogP contribution is 2.24. The summed E-state index contributed by atoms with van der Waals surface area (Å²) >= 11 is 0. The van der Waals surface area contributed by atoms with Gasteiger partial charge in [-0.05, 0) is 36.2 Å². The fourth-order valence-corrected chi connectivity index (χ4v) is 3.65. The monoisotopic (exact) mass is 440 g/mol. The Labute approximate surface area is 191 Å². The number of carbonyl (C=O) groups excluding carboxylic acids is 1. The van der Waals surface area contributed by atoms with Crippen LogP contribution in [0.1, 0.15) is 17.5 Å². The molecule has 0 bridgehead atoms. The molecule has 0 aliphatic heterocycles. The molecule has 33 heavy (non-hydrogen) atoms. The summed E-state index contributed by atoms with van der Waals surface area (Å²) in [6.45, 7) is 0. The molecular weight excluding hydrogens is 416 g/mol. The van der Waals surface area contributed by atoms with Gasteiger partial charge in [0, 0.05) is 23.7 Å². The summed E-state index contributed by atoms with van der Waals surface area (Å²) in [6, 6.07) is 24.2. The normalized spacial score (nSPS) is 10.7. The van der Waals surface area contributed by atoms with Gasteiger partial charge in [-0.2, -0.15) is 0 Å². The maximum Gasteiger partial charge on any atom is 0.337 e. The summed E-state index contributed by atoms with van der Waals surface area (Å²) in [4.78, 5) is 24.9. The van der Waals surface area contributed by atoms with Crippen LogP contribution in [0, 0.1) is 5.41 Å². The molecule has 7 nitrogen and oxygen atoms in total. The highest BCUT2D eigenvalue weighted by molar-refractivity contribution is 5.95. The number of ether oxygens (including phenoxy) is 1. The van der Waals surface area contributed by atoms with Crippen molar-refractivity contribution in [2.24, 2.45) is 5.73 Å². The summed E-state index contributed by atoms with van der Waals surface area (Å²) in [5, 5.41) is 7.61. The van der Waals surface area contributed by atoms with Crippen molar-refractivity contribution in [2.45, 2.75) is 12.8 Å². The average molecular weight is 441 g/mol. The molecule has 0 aliphatic rings. The van der Waals surface area contributed by atoms with Gasteiger partial charge in [-0.15, -0.1) is 0 Å². The minimum atomic E-state index is -0.254. The first-order valence-electron chi connectivity index (χ1n) is 10.5. The van der Waals surface area contributed by atoms with E-state index in [1.165, 1.54) is 7.11 Å². The largest absolute Gasteiger partial charge is 0.469 e. The van der Waals surface area contributed by atoms with Gasteiger partial charge in [0.25, 0.3) is 0 Å². The van der Waals surface area contributed by atoms with Crippen LogP contribution in [0.5, 0.6) is 0 Å². The van der Waals surface area contributed by atoms with E-state index in [2.05, 4.69) is 0 Å². The van der Waals surface area contributed by atoms with E-state index in [1.807, 2.05) is 72.9 Å². The van der Waals surface area contributed by atoms with Crippen molar-refractivity contribution in [1.82, 2.24) is 9.13 Å². The topological polar surface area (TPSA) is 103 Å². The molecule has 4 rings (SSSR count). The lowest BCUT2D eigenvalue weighted by Gasteiger charge is -2.08. The predicted octanol–water partition coefficient (Wildman–Crippen LogP) is 3.68. The molecular formula is C26H24N4O3. The van der Waals surface area contributed by atoms with Gasteiger partial charge in [-0.25, -0.2) is 4.79 Å². The zero-order valence-electron chi connectivity index (χ0n) is 18.2. The number of nitrogens with zero attached hydrogens (tertiary/aromatic N) is 2. The van der Waals surface area contributed by atoms with Gasteiger partial charge < -0.3 is 10.5 Å². The molecule has 4 aromatic rings. The highest BCUT2D eigenvalue weighted by Gasteiger charge is 2.16. The van der Waals surface area contributed by atoms with Crippen molar-refractivity contribution in [3.63, 3.8) is 0 Å². The fraction of sp³-hybridized carbons (Fsp3) is 0.115. The first kappa shape index (κ1) is 21.8. The number of benzene rings is 3. The molecule has 0 spiro atoms. The number of rotatable bonds is 7. The van der Waals surface area contributed by atoms with Crippen LogP contribution in [0.25, 0.3) is 22.6 Å². The second-order valence-corrected chi connectivity index (χ2v) is 7.57. The molecule has 3 aromatic carbocycles. The molecule has 1 aromatic heterocycles. The lowest BCUT2D eigenvalue weighted by atomic mass is 10.1. The number of para-hydroxylation sites is 1. The van der Waals surface area contributed by atoms with Crippen molar-refractivity contribution < 1.29 is 9.53 Å². The van der Waals surface area contributed by atoms with Crippen molar-refractivity contribution in [1.29, 1.82) is 5.41 Å². The summed E-state index contributed by atoms with van der Waals surface area (Å²) in [7, 11) is 1.38. The number of esters is 1. The number of nitrogens with two attached hydrogens (primary N) is 1. The van der Waals surface area contributed by atoms with Crippen LogP contribution < -0.4 is 11.4 Å². The van der Waals surface area contributed by atoms with Gasteiger partial charge >= 0.3 is 11.7 Å². The van der Waals surface area contributed by atoms with Crippen LogP contribution in [-0.4, -0.2) is 28.0 Å². The van der Waals surface area contributed by atoms with Gasteiger partial charge in [0.2, 0.25) is 0 Å². The standard InChI is InChI=1S/C26H24N4O3/c1-33-24(31)16-9-18-7-14-21(15-8-18)29-17-23(19-10-12-20(13-11-19)25(27)28)30(26(29)32)22-5-3-2-4-6-22/h2-8,10-15,17H,9,16H2,1H3,(H3,27,28). The second-order valence-electron chi connectivity index (χ2n) is 7.57. The zero-order chi connectivity index (χ0) is 23.4. The molecule has 3 N–H and O–H groups in total. The molecule has 7 heteroatoms. The van der Waals surface area contributed by atoms with E-state index in [0.29, 0.717) is 18.4 Å². The van der Waals surface area contributed by atoms with Crippen molar-refractivity contribution >= 4 is 11.8 Å². The van der Waals surface area contributed by atoms with E-state index in [9.17, 15) is 9.59 Å². The van der Waals surface area contributed by atoms with Crippen molar-refractivity contribution in [3.05, 3.63) is 107 Å². The minimum absolute atomic E-state index is 0.00754. The SMILES string of the molecule is COC(=O)CCc1ccc(-n2cc(-c3ccc(C(=N)N)cc3)n(-c3ccccc3)c2=O)cc1. The van der Waals surface area contributed by atoms with Crippen LogP contribution in [0.2, 0.25) is 0 Å². The van der Waals surface area contributed by atoms with Crippen molar-refractivity contribution in [3.8, 4) is 22.6 Å². The number of amidine groups is 1. The summed E-state index contributed by atoms with van der Waals surface area (Å²) in [6.07, 6.45) is 2.68. The molecule has 0 fully saturated rings. The molecule has 0 radical (unpaired) electrons. The Morgan fingerprint density at radius 1 is 0.939 bits per heavy atom. The number of aryl methyl sites for hydroxylation is 1. The minimum Gasteiger partial charge on any atom is -0.469 e. The van der Waals surface area contributed by atoms with E-state index < -0.39 is 0 Å². The third kappa shape index (κ3) is 4.62.